The smallest absolute Gasteiger partial charge is 0.243 e. The molecule has 1 aliphatic rings. The average Bonchev–Trinajstić information content (AvgIpc) is 2.64. The minimum atomic E-state index is -3.50. The maximum atomic E-state index is 12.9. The minimum Gasteiger partial charge on any atom is -0.496 e. The van der Waals surface area contributed by atoms with Crippen LogP contribution in [0.5, 0.6) is 5.75 Å². The number of anilines is 2. The highest BCUT2D eigenvalue weighted by molar-refractivity contribution is 7.89. The lowest BCUT2D eigenvalue weighted by Gasteiger charge is -2.32. The second-order valence-corrected chi connectivity index (χ2v) is 8.33. The van der Waals surface area contributed by atoms with Crippen molar-refractivity contribution in [2.45, 2.75) is 30.7 Å². The Bertz CT molecular complexity index is 878. The predicted molar refractivity (Wildman–Crippen MR) is 102 cm³/mol. The zero-order chi connectivity index (χ0) is 18.7. The quantitative estimate of drug-likeness (QED) is 0.831. The first kappa shape index (κ1) is 18.5. The number of methoxy groups -OCH3 is 1. The molecule has 1 saturated heterocycles. The number of hydrogen-bond donors (Lipinski definition) is 2. The summed E-state index contributed by atoms with van der Waals surface area (Å²) in [5, 5.41) is 3.31. The van der Waals surface area contributed by atoms with E-state index >= 15 is 0 Å². The molecule has 2 aromatic rings. The van der Waals surface area contributed by atoms with Gasteiger partial charge in [-0.3, -0.25) is 0 Å². The minimum absolute atomic E-state index is 0.149. The Morgan fingerprint density at radius 2 is 2.00 bits per heavy atom. The van der Waals surface area contributed by atoms with Crippen LogP contribution in [0.2, 0.25) is 0 Å². The van der Waals surface area contributed by atoms with Crippen molar-refractivity contribution < 1.29 is 13.2 Å². The summed E-state index contributed by atoms with van der Waals surface area (Å²) < 4.78 is 32.5. The van der Waals surface area contributed by atoms with Crippen molar-refractivity contribution in [2.24, 2.45) is 0 Å². The molecule has 1 aromatic carbocycles. The number of aryl methyl sites for hydroxylation is 1. The van der Waals surface area contributed by atoms with Gasteiger partial charge in [0, 0.05) is 25.3 Å². The monoisotopic (exact) mass is 376 g/mol. The molecule has 7 nitrogen and oxygen atoms in total. The van der Waals surface area contributed by atoms with E-state index in [4.69, 9.17) is 10.5 Å². The number of nitrogens with one attached hydrogen (secondary N) is 1. The Kier molecular flexibility index (Phi) is 5.33. The molecular weight excluding hydrogens is 352 g/mol. The lowest BCUT2D eigenvalue weighted by molar-refractivity contribution is 0.329. The van der Waals surface area contributed by atoms with Gasteiger partial charge in [-0.2, -0.15) is 4.31 Å². The molecular formula is C18H24N4O3S. The summed E-state index contributed by atoms with van der Waals surface area (Å²) >= 11 is 0. The van der Waals surface area contributed by atoms with Gasteiger partial charge in [-0.1, -0.05) is 0 Å². The van der Waals surface area contributed by atoms with E-state index in [0.717, 1.165) is 5.56 Å². The van der Waals surface area contributed by atoms with Gasteiger partial charge >= 0.3 is 0 Å². The summed E-state index contributed by atoms with van der Waals surface area (Å²) in [6.07, 6.45) is 3.08. The van der Waals surface area contributed by atoms with Crippen LogP contribution in [0.3, 0.4) is 0 Å². The second-order valence-electron chi connectivity index (χ2n) is 6.40. The Labute approximate surface area is 154 Å². The van der Waals surface area contributed by atoms with Crippen LogP contribution in [-0.2, 0) is 10.0 Å². The molecule has 0 radical (unpaired) electrons. The number of nitrogens with two attached hydrogens (primary N) is 1. The lowest BCUT2D eigenvalue weighted by Crippen LogP contribution is -2.42. The van der Waals surface area contributed by atoms with E-state index in [-0.39, 0.29) is 6.04 Å². The van der Waals surface area contributed by atoms with Gasteiger partial charge in [-0.05, 0) is 55.7 Å². The van der Waals surface area contributed by atoms with Crippen LogP contribution in [0.4, 0.5) is 11.5 Å². The van der Waals surface area contributed by atoms with E-state index in [9.17, 15) is 8.42 Å². The molecule has 140 valence electrons. The summed E-state index contributed by atoms with van der Waals surface area (Å²) in [7, 11) is -1.93. The molecule has 26 heavy (non-hydrogen) atoms. The molecule has 0 unspecified atom stereocenters. The first-order valence-electron chi connectivity index (χ1n) is 8.53. The highest BCUT2D eigenvalue weighted by Gasteiger charge is 2.30. The Morgan fingerprint density at radius 1 is 1.27 bits per heavy atom. The molecule has 1 aromatic heterocycles. The van der Waals surface area contributed by atoms with E-state index in [1.807, 2.05) is 6.92 Å². The van der Waals surface area contributed by atoms with Crippen molar-refractivity contribution >= 4 is 21.5 Å². The molecule has 0 amide bonds. The van der Waals surface area contributed by atoms with Crippen LogP contribution in [0.1, 0.15) is 18.4 Å². The normalized spacial score (nSPS) is 16.4. The van der Waals surface area contributed by atoms with Gasteiger partial charge in [-0.25, -0.2) is 13.4 Å². The molecule has 0 saturated carbocycles. The number of sulfonamides is 1. The largest absolute Gasteiger partial charge is 0.496 e. The molecule has 8 heteroatoms. The fourth-order valence-electron chi connectivity index (χ4n) is 3.13. The van der Waals surface area contributed by atoms with Gasteiger partial charge < -0.3 is 15.8 Å². The topological polar surface area (TPSA) is 97.5 Å². The lowest BCUT2D eigenvalue weighted by atomic mass is 10.1. The van der Waals surface area contributed by atoms with Crippen LogP contribution in [-0.4, -0.2) is 43.9 Å². The number of hydrogen-bond acceptors (Lipinski definition) is 6. The number of ether oxygens (including phenoxy) is 1. The number of pyridine rings is 1. The SMILES string of the molecule is COc1ccc(S(=O)(=O)N2CCC(Nc3ncccc3N)CC2)cc1C. The highest BCUT2D eigenvalue weighted by atomic mass is 32.2. The predicted octanol–water partition coefficient (Wildman–Crippen LogP) is 2.25. The maximum Gasteiger partial charge on any atom is 0.243 e. The van der Waals surface area contributed by atoms with Crippen LogP contribution < -0.4 is 15.8 Å². The molecule has 3 N–H and O–H groups in total. The third-order valence-corrected chi connectivity index (χ3v) is 6.53. The van der Waals surface area contributed by atoms with Crippen molar-refractivity contribution in [1.82, 2.24) is 9.29 Å². The average molecular weight is 376 g/mol. The number of rotatable bonds is 5. The number of aromatic nitrogens is 1. The molecule has 0 aliphatic carbocycles. The van der Waals surface area contributed by atoms with E-state index < -0.39 is 10.0 Å². The molecule has 1 fully saturated rings. The number of nitrogens with zero attached hydrogens (tertiary/aromatic N) is 2. The number of nitrogen functional groups attached to an aromatic ring is 1. The van der Waals surface area contributed by atoms with Gasteiger partial charge in [-0.15, -0.1) is 0 Å². The van der Waals surface area contributed by atoms with Crippen LogP contribution >= 0.6 is 0 Å². The summed E-state index contributed by atoms with van der Waals surface area (Å²) in [5.41, 5.74) is 7.30. The van der Waals surface area contributed by atoms with Gasteiger partial charge in [0.2, 0.25) is 10.0 Å². The molecule has 1 aliphatic heterocycles. The van der Waals surface area contributed by atoms with Crippen molar-refractivity contribution in [3.63, 3.8) is 0 Å². The summed E-state index contributed by atoms with van der Waals surface area (Å²) in [6, 6.07) is 8.68. The fraction of sp³-hybridized carbons (Fsp3) is 0.389. The maximum absolute atomic E-state index is 12.9. The molecule has 2 heterocycles. The first-order valence-corrected chi connectivity index (χ1v) is 9.97. The fourth-order valence-corrected chi connectivity index (χ4v) is 4.69. The van der Waals surface area contributed by atoms with E-state index in [1.54, 1.807) is 43.6 Å². The Balaban J connectivity index is 1.67. The Morgan fingerprint density at radius 3 is 2.62 bits per heavy atom. The molecule has 0 spiro atoms. The third kappa shape index (κ3) is 3.76. The second kappa shape index (κ2) is 7.51. The van der Waals surface area contributed by atoms with Gasteiger partial charge in [0.1, 0.15) is 11.6 Å². The first-order chi connectivity index (χ1) is 12.4. The molecule has 0 atom stereocenters. The third-order valence-electron chi connectivity index (χ3n) is 4.64. The van der Waals surface area contributed by atoms with E-state index in [1.165, 1.54) is 4.31 Å². The molecule has 0 bridgehead atoms. The van der Waals surface area contributed by atoms with Crippen LogP contribution in [0, 0.1) is 6.92 Å². The van der Waals surface area contributed by atoms with Crippen molar-refractivity contribution in [1.29, 1.82) is 0 Å². The summed E-state index contributed by atoms with van der Waals surface area (Å²) in [5.74, 6) is 1.33. The van der Waals surface area contributed by atoms with Crippen molar-refractivity contribution in [2.75, 3.05) is 31.2 Å². The van der Waals surface area contributed by atoms with Crippen molar-refractivity contribution in [3.05, 3.63) is 42.1 Å². The van der Waals surface area contributed by atoms with E-state index in [0.29, 0.717) is 48.1 Å². The van der Waals surface area contributed by atoms with Gasteiger partial charge in [0.05, 0.1) is 17.7 Å². The highest BCUT2D eigenvalue weighted by Crippen LogP contribution is 2.26. The van der Waals surface area contributed by atoms with Gasteiger partial charge in [0.15, 0.2) is 0 Å². The van der Waals surface area contributed by atoms with Gasteiger partial charge in [0.25, 0.3) is 0 Å². The van der Waals surface area contributed by atoms with Crippen LogP contribution in [0.25, 0.3) is 0 Å². The zero-order valence-corrected chi connectivity index (χ0v) is 15.8. The molecule has 3 rings (SSSR count). The number of benzene rings is 1. The number of piperidine rings is 1. The van der Waals surface area contributed by atoms with Crippen LogP contribution in [0.15, 0.2) is 41.4 Å². The Hall–Kier alpha value is -2.32. The standard InChI is InChI=1S/C18H24N4O3S/c1-13-12-15(5-6-17(13)25-2)26(23,24)22-10-7-14(8-11-22)21-18-16(19)4-3-9-20-18/h3-6,9,12,14H,7-8,10-11,19H2,1-2H3,(H,20,21). The zero-order valence-electron chi connectivity index (χ0n) is 15.0. The van der Waals surface area contributed by atoms with E-state index in [2.05, 4.69) is 10.3 Å². The summed E-state index contributed by atoms with van der Waals surface area (Å²) in [6.45, 7) is 2.75. The van der Waals surface area contributed by atoms with Crippen molar-refractivity contribution in [3.8, 4) is 5.75 Å². The summed E-state index contributed by atoms with van der Waals surface area (Å²) in [4.78, 5) is 4.54.